The van der Waals surface area contributed by atoms with Gasteiger partial charge in [0, 0.05) is 25.2 Å². The van der Waals surface area contributed by atoms with Crippen LogP contribution in [0.2, 0.25) is 0 Å². The molecule has 0 aliphatic carbocycles. The summed E-state index contributed by atoms with van der Waals surface area (Å²) in [5.74, 6) is 0.715. The number of ether oxygens (including phenoxy) is 1. The van der Waals surface area contributed by atoms with Crippen LogP contribution in [-0.4, -0.2) is 41.4 Å². The Labute approximate surface area is 185 Å². The van der Waals surface area contributed by atoms with Gasteiger partial charge in [-0.25, -0.2) is 4.98 Å². The highest BCUT2D eigenvalue weighted by Gasteiger charge is 2.27. The van der Waals surface area contributed by atoms with Crippen molar-refractivity contribution in [3.63, 3.8) is 0 Å². The number of likely N-dealkylation sites (tertiary alicyclic amines) is 1. The van der Waals surface area contributed by atoms with Crippen molar-refractivity contribution in [2.75, 3.05) is 25.0 Å². The molecule has 1 aliphatic rings. The van der Waals surface area contributed by atoms with Crippen molar-refractivity contribution in [1.82, 2.24) is 9.88 Å². The maximum absolute atomic E-state index is 12.7. The van der Waals surface area contributed by atoms with Gasteiger partial charge in [0.25, 0.3) is 0 Å². The molecule has 0 saturated carbocycles. The molecular weight excluding hydrogens is 410 g/mol. The maximum atomic E-state index is 12.7. The number of piperidine rings is 1. The molecule has 3 aromatic rings. The number of nitrogens with one attached hydrogen (secondary N) is 1. The lowest BCUT2D eigenvalue weighted by atomic mass is 9.96. The van der Waals surface area contributed by atoms with E-state index in [1.165, 1.54) is 11.3 Å². The van der Waals surface area contributed by atoms with Crippen LogP contribution < -0.4 is 10.1 Å². The number of carbonyl (C=O) groups is 2. The maximum Gasteiger partial charge on any atom is 0.229 e. The molecule has 7 heteroatoms. The third-order valence-electron chi connectivity index (χ3n) is 5.34. The van der Waals surface area contributed by atoms with Gasteiger partial charge in [-0.15, -0.1) is 0 Å². The van der Waals surface area contributed by atoms with Crippen LogP contribution in [0.15, 0.2) is 66.9 Å². The predicted octanol–water partition coefficient (Wildman–Crippen LogP) is 4.46. The monoisotopic (exact) mass is 435 g/mol. The first-order valence-corrected chi connectivity index (χ1v) is 11.3. The van der Waals surface area contributed by atoms with Crippen LogP contribution in [0.5, 0.6) is 5.75 Å². The minimum atomic E-state index is -0.103. The first-order chi connectivity index (χ1) is 15.2. The summed E-state index contributed by atoms with van der Waals surface area (Å²) >= 11 is 1.47. The lowest BCUT2D eigenvalue weighted by Gasteiger charge is -2.31. The van der Waals surface area contributed by atoms with E-state index in [1.54, 1.807) is 6.20 Å². The summed E-state index contributed by atoms with van der Waals surface area (Å²) in [5, 5.41) is 3.55. The molecule has 0 radical (unpaired) electrons. The summed E-state index contributed by atoms with van der Waals surface area (Å²) in [6.45, 7) is 1.54. The summed E-state index contributed by atoms with van der Waals surface area (Å²) in [7, 11) is 0. The van der Waals surface area contributed by atoms with E-state index < -0.39 is 0 Å². The van der Waals surface area contributed by atoms with Crippen LogP contribution in [0.4, 0.5) is 5.13 Å². The zero-order valence-electron chi connectivity index (χ0n) is 17.2. The van der Waals surface area contributed by atoms with Crippen LogP contribution in [-0.2, 0) is 9.59 Å². The molecule has 0 atom stereocenters. The second-order valence-corrected chi connectivity index (χ2v) is 8.48. The second kappa shape index (κ2) is 10.2. The Morgan fingerprint density at radius 3 is 2.42 bits per heavy atom. The van der Waals surface area contributed by atoms with E-state index in [-0.39, 0.29) is 17.7 Å². The largest absolute Gasteiger partial charge is 0.493 e. The fourth-order valence-corrected chi connectivity index (χ4v) is 4.42. The number of nitrogens with zero attached hydrogens (tertiary/aromatic N) is 2. The van der Waals surface area contributed by atoms with Crippen LogP contribution in [0.1, 0.15) is 19.3 Å². The second-order valence-electron chi connectivity index (χ2n) is 7.45. The molecule has 0 bridgehead atoms. The molecule has 6 nitrogen and oxygen atoms in total. The highest BCUT2D eigenvalue weighted by molar-refractivity contribution is 7.19. The SMILES string of the molecule is O=C(Nc1ncc(-c2ccccc2)s1)C1CCN(C(=O)CCOc2ccccc2)CC1. The zero-order valence-corrected chi connectivity index (χ0v) is 18.0. The Bertz CT molecular complexity index is 999. The molecule has 2 aromatic carbocycles. The number of aromatic nitrogens is 1. The van der Waals surface area contributed by atoms with Gasteiger partial charge in [0.15, 0.2) is 5.13 Å². The molecule has 4 rings (SSSR count). The lowest BCUT2D eigenvalue weighted by Crippen LogP contribution is -2.41. The molecule has 2 heterocycles. The van der Waals surface area contributed by atoms with Gasteiger partial charge in [-0.1, -0.05) is 59.9 Å². The van der Waals surface area contributed by atoms with Crippen LogP contribution in [0.25, 0.3) is 10.4 Å². The van der Waals surface area contributed by atoms with Gasteiger partial charge in [-0.3, -0.25) is 9.59 Å². The minimum absolute atomic E-state index is 0.0199. The quantitative estimate of drug-likeness (QED) is 0.595. The van der Waals surface area contributed by atoms with Crippen molar-refractivity contribution >= 4 is 28.3 Å². The van der Waals surface area contributed by atoms with Gasteiger partial charge in [-0.2, -0.15) is 0 Å². The molecule has 1 saturated heterocycles. The number of thiazole rings is 1. The third-order valence-corrected chi connectivity index (χ3v) is 6.30. The van der Waals surface area contributed by atoms with E-state index in [0.29, 0.717) is 44.1 Å². The van der Waals surface area contributed by atoms with Crippen LogP contribution in [0.3, 0.4) is 0 Å². The number of carbonyl (C=O) groups excluding carboxylic acids is 2. The topological polar surface area (TPSA) is 71.5 Å². The van der Waals surface area contributed by atoms with Crippen molar-refractivity contribution < 1.29 is 14.3 Å². The third kappa shape index (κ3) is 5.70. The molecule has 0 unspecified atom stereocenters. The highest BCUT2D eigenvalue weighted by Crippen LogP contribution is 2.29. The average molecular weight is 436 g/mol. The molecule has 1 N–H and O–H groups in total. The first-order valence-electron chi connectivity index (χ1n) is 10.5. The molecule has 0 spiro atoms. The molecule has 160 valence electrons. The van der Waals surface area contributed by atoms with Gasteiger partial charge in [0.1, 0.15) is 5.75 Å². The van der Waals surface area contributed by atoms with E-state index in [1.807, 2.05) is 65.6 Å². The fourth-order valence-electron chi connectivity index (χ4n) is 3.60. The number of rotatable bonds is 7. The van der Waals surface area contributed by atoms with Crippen LogP contribution >= 0.6 is 11.3 Å². The van der Waals surface area contributed by atoms with Crippen LogP contribution in [0, 0.1) is 5.92 Å². The smallest absolute Gasteiger partial charge is 0.229 e. The molecular formula is C24H25N3O3S. The van der Waals surface area contributed by atoms with E-state index in [9.17, 15) is 9.59 Å². The van der Waals surface area contributed by atoms with E-state index in [2.05, 4.69) is 10.3 Å². The van der Waals surface area contributed by atoms with Crippen molar-refractivity contribution in [1.29, 1.82) is 0 Å². The van der Waals surface area contributed by atoms with Crippen molar-refractivity contribution in [3.8, 4) is 16.2 Å². The van der Waals surface area contributed by atoms with E-state index >= 15 is 0 Å². The Hall–Kier alpha value is -3.19. The van der Waals surface area contributed by atoms with Gasteiger partial charge >= 0.3 is 0 Å². The summed E-state index contributed by atoms with van der Waals surface area (Å²) in [4.78, 5) is 32.3. The average Bonchev–Trinajstić information content (AvgIpc) is 3.29. The number of benzene rings is 2. The normalized spacial score (nSPS) is 14.3. The Balaban J connectivity index is 1.21. The number of hydrogen-bond acceptors (Lipinski definition) is 5. The summed E-state index contributed by atoms with van der Waals surface area (Å²) in [6, 6.07) is 19.5. The lowest BCUT2D eigenvalue weighted by molar-refractivity contribution is -0.135. The molecule has 1 aromatic heterocycles. The van der Waals surface area contributed by atoms with E-state index in [4.69, 9.17) is 4.74 Å². The van der Waals surface area contributed by atoms with Gasteiger partial charge in [0.05, 0.1) is 17.9 Å². The zero-order chi connectivity index (χ0) is 21.5. The number of anilines is 1. The Kier molecular flexibility index (Phi) is 6.94. The van der Waals surface area contributed by atoms with Gasteiger partial charge in [-0.05, 0) is 30.5 Å². The molecule has 1 aliphatic heterocycles. The van der Waals surface area contributed by atoms with E-state index in [0.717, 1.165) is 16.2 Å². The number of para-hydroxylation sites is 1. The molecule has 31 heavy (non-hydrogen) atoms. The van der Waals surface area contributed by atoms with Crippen molar-refractivity contribution in [3.05, 3.63) is 66.9 Å². The fraction of sp³-hybridized carbons (Fsp3) is 0.292. The van der Waals surface area contributed by atoms with Crippen molar-refractivity contribution in [2.24, 2.45) is 5.92 Å². The van der Waals surface area contributed by atoms with Crippen molar-refractivity contribution in [2.45, 2.75) is 19.3 Å². The predicted molar refractivity (Wildman–Crippen MR) is 122 cm³/mol. The first kappa shape index (κ1) is 21.1. The number of hydrogen-bond donors (Lipinski definition) is 1. The summed E-state index contributed by atoms with van der Waals surface area (Å²) in [5.41, 5.74) is 1.09. The Morgan fingerprint density at radius 2 is 1.71 bits per heavy atom. The van der Waals surface area contributed by atoms with Gasteiger partial charge in [0.2, 0.25) is 11.8 Å². The standard InChI is InChI=1S/C24H25N3O3S/c28-22(13-16-30-20-9-5-2-6-10-20)27-14-11-19(12-15-27)23(29)26-24-25-17-21(31-24)18-7-3-1-4-8-18/h1-10,17,19H,11-16H2,(H,25,26,29). The molecule has 1 fully saturated rings. The Morgan fingerprint density at radius 1 is 1.03 bits per heavy atom. The minimum Gasteiger partial charge on any atom is -0.493 e. The molecule has 2 amide bonds. The van der Waals surface area contributed by atoms with Gasteiger partial charge < -0.3 is 15.0 Å². The highest BCUT2D eigenvalue weighted by atomic mass is 32.1. The summed E-state index contributed by atoms with van der Waals surface area (Å²) in [6.07, 6.45) is 3.45. The number of amides is 2. The summed E-state index contributed by atoms with van der Waals surface area (Å²) < 4.78 is 5.61.